The Labute approximate surface area is 68.1 Å². The number of fused-ring (bicyclic) bond motifs is 2. The predicted molar refractivity (Wildman–Crippen MR) is 45.2 cm³/mol. The van der Waals surface area contributed by atoms with Crippen LogP contribution in [0.2, 0.25) is 0 Å². The maximum absolute atomic E-state index is 9.07. The lowest BCUT2D eigenvalue weighted by atomic mass is 9.85. The predicted octanol–water partition coefficient (Wildman–Crippen LogP) is 1.97. The van der Waals surface area contributed by atoms with Crippen molar-refractivity contribution in [2.75, 3.05) is 6.61 Å². The molecule has 3 unspecified atom stereocenters. The molecule has 1 N–H and O–H groups in total. The summed E-state index contributed by atoms with van der Waals surface area (Å²) >= 11 is 0. The Bertz CT molecular complexity index is 183. The fraction of sp³-hybridized carbons (Fsp3) is 0.800. The third-order valence-corrected chi connectivity index (χ3v) is 3.40. The summed E-state index contributed by atoms with van der Waals surface area (Å²) in [5.74, 6) is 2.25. The summed E-state index contributed by atoms with van der Waals surface area (Å²) in [5.41, 5.74) is 1.61. The standard InChI is InChI=1S/C10H16O/c1-2-8-3-7-4-9(6-11)10(8)5-7/h2,7,9-11H,3-6H2,1H3/b8-2+. The van der Waals surface area contributed by atoms with E-state index in [1.807, 2.05) is 0 Å². The number of hydrogen-bond donors (Lipinski definition) is 1. The van der Waals surface area contributed by atoms with Crippen molar-refractivity contribution in [3.05, 3.63) is 11.6 Å². The Morgan fingerprint density at radius 3 is 2.91 bits per heavy atom. The van der Waals surface area contributed by atoms with E-state index in [9.17, 15) is 0 Å². The lowest BCUT2D eigenvalue weighted by molar-refractivity contribution is 0.196. The summed E-state index contributed by atoms with van der Waals surface area (Å²) < 4.78 is 0. The van der Waals surface area contributed by atoms with Crippen LogP contribution in [0.15, 0.2) is 11.6 Å². The van der Waals surface area contributed by atoms with E-state index in [4.69, 9.17) is 5.11 Å². The highest BCUT2D eigenvalue weighted by atomic mass is 16.3. The summed E-state index contributed by atoms with van der Waals surface area (Å²) in [6.45, 7) is 2.53. The van der Waals surface area contributed by atoms with Crippen LogP contribution in [-0.4, -0.2) is 11.7 Å². The first-order valence-electron chi connectivity index (χ1n) is 4.61. The first-order valence-corrected chi connectivity index (χ1v) is 4.61. The summed E-state index contributed by atoms with van der Waals surface area (Å²) in [4.78, 5) is 0. The number of rotatable bonds is 1. The van der Waals surface area contributed by atoms with Crippen molar-refractivity contribution in [3.8, 4) is 0 Å². The van der Waals surface area contributed by atoms with E-state index >= 15 is 0 Å². The molecule has 2 bridgehead atoms. The normalized spacial score (nSPS) is 45.6. The highest BCUT2D eigenvalue weighted by molar-refractivity contribution is 5.17. The Morgan fingerprint density at radius 1 is 1.55 bits per heavy atom. The molecule has 2 saturated carbocycles. The van der Waals surface area contributed by atoms with Gasteiger partial charge in [-0.25, -0.2) is 0 Å². The van der Waals surface area contributed by atoms with Crippen LogP contribution in [-0.2, 0) is 0 Å². The van der Waals surface area contributed by atoms with Gasteiger partial charge in [0, 0.05) is 6.61 Å². The fourth-order valence-corrected chi connectivity index (χ4v) is 2.88. The quantitative estimate of drug-likeness (QED) is 0.569. The molecule has 0 amide bonds. The molecule has 11 heavy (non-hydrogen) atoms. The maximum atomic E-state index is 9.07. The van der Waals surface area contributed by atoms with Crippen molar-refractivity contribution in [3.63, 3.8) is 0 Å². The van der Waals surface area contributed by atoms with Crippen LogP contribution in [0.1, 0.15) is 26.2 Å². The minimum atomic E-state index is 0.401. The average Bonchev–Trinajstić information content (AvgIpc) is 2.60. The van der Waals surface area contributed by atoms with E-state index in [0.717, 1.165) is 11.8 Å². The van der Waals surface area contributed by atoms with Crippen LogP contribution in [0.5, 0.6) is 0 Å². The number of allylic oxidation sites excluding steroid dienone is 2. The van der Waals surface area contributed by atoms with Crippen molar-refractivity contribution >= 4 is 0 Å². The van der Waals surface area contributed by atoms with Crippen LogP contribution >= 0.6 is 0 Å². The molecular formula is C10H16O. The second-order valence-electron chi connectivity index (χ2n) is 3.95. The van der Waals surface area contributed by atoms with Gasteiger partial charge in [0.2, 0.25) is 0 Å². The third-order valence-electron chi connectivity index (χ3n) is 3.40. The molecule has 2 rings (SSSR count). The van der Waals surface area contributed by atoms with E-state index in [-0.39, 0.29) is 0 Å². The summed E-state index contributed by atoms with van der Waals surface area (Å²) in [6, 6.07) is 0. The lowest BCUT2D eigenvalue weighted by Gasteiger charge is -2.21. The molecule has 3 atom stereocenters. The molecule has 62 valence electrons. The Kier molecular flexibility index (Phi) is 1.76. The SMILES string of the molecule is C/C=C1\CC2CC(CO)C1C2. The zero-order valence-corrected chi connectivity index (χ0v) is 7.09. The Morgan fingerprint density at radius 2 is 2.36 bits per heavy atom. The zero-order valence-electron chi connectivity index (χ0n) is 7.09. The largest absolute Gasteiger partial charge is 0.396 e. The topological polar surface area (TPSA) is 20.2 Å². The van der Waals surface area contributed by atoms with Crippen molar-refractivity contribution < 1.29 is 5.11 Å². The number of hydrogen-bond acceptors (Lipinski definition) is 1. The first-order chi connectivity index (χ1) is 5.35. The van der Waals surface area contributed by atoms with Crippen molar-refractivity contribution in [2.24, 2.45) is 17.8 Å². The molecule has 0 aromatic heterocycles. The van der Waals surface area contributed by atoms with Crippen LogP contribution < -0.4 is 0 Å². The average molecular weight is 152 g/mol. The molecule has 0 saturated heterocycles. The van der Waals surface area contributed by atoms with Gasteiger partial charge in [0.1, 0.15) is 0 Å². The Hall–Kier alpha value is -0.300. The van der Waals surface area contributed by atoms with E-state index in [1.54, 1.807) is 5.57 Å². The minimum absolute atomic E-state index is 0.401. The molecule has 0 radical (unpaired) electrons. The molecule has 0 aromatic rings. The monoisotopic (exact) mass is 152 g/mol. The number of aliphatic hydroxyl groups excluding tert-OH is 1. The third kappa shape index (κ3) is 1.02. The molecule has 0 aromatic carbocycles. The molecule has 2 fully saturated rings. The highest BCUT2D eigenvalue weighted by Crippen LogP contribution is 2.51. The smallest absolute Gasteiger partial charge is 0.0465 e. The van der Waals surface area contributed by atoms with E-state index in [1.165, 1.54) is 19.3 Å². The van der Waals surface area contributed by atoms with Gasteiger partial charge >= 0.3 is 0 Å². The van der Waals surface area contributed by atoms with Crippen LogP contribution in [0.3, 0.4) is 0 Å². The van der Waals surface area contributed by atoms with Gasteiger partial charge in [-0.15, -0.1) is 0 Å². The Balaban J connectivity index is 2.14. The van der Waals surface area contributed by atoms with Crippen molar-refractivity contribution in [2.45, 2.75) is 26.2 Å². The van der Waals surface area contributed by atoms with Gasteiger partial charge < -0.3 is 5.11 Å². The van der Waals surface area contributed by atoms with E-state index in [2.05, 4.69) is 13.0 Å². The summed E-state index contributed by atoms with van der Waals surface area (Å²) in [7, 11) is 0. The van der Waals surface area contributed by atoms with Gasteiger partial charge in [-0.05, 0) is 43.9 Å². The van der Waals surface area contributed by atoms with Gasteiger partial charge in [-0.1, -0.05) is 11.6 Å². The first kappa shape index (κ1) is 7.35. The highest BCUT2D eigenvalue weighted by Gasteiger charge is 2.41. The van der Waals surface area contributed by atoms with Crippen molar-refractivity contribution in [1.29, 1.82) is 0 Å². The summed E-state index contributed by atoms with van der Waals surface area (Å²) in [5, 5.41) is 9.07. The molecule has 0 heterocycles. The van der Waals surface area contributed by atoms with E-state index < -0.39 is 0 Å². The van der Waals surface area contributed by atoms with Crippen LogP contribution in [0.25, 0.3) is 0 Å². The minimum Gasteiger partial charge on any atom is -0.396 e. The van der Waals surface area contributed by atoms with E-state index in [0.29, 0.717) is 12.5 Å². The fourth-order valence-electron chi connectivity index (χ4n) is 2.88. The second kappa shape index (κ2) is 2.63. The van der Waals surface area contributed by atoms with Crippen LogP contribution in [0.4, 0.5) is 0 Å². The molecule has 2 aliphatic rings. The van der Waals surface area contributed by atoms with Gasteiger partial charge in [-0.2, -0.15) is 0 Å². The van der Waals surface area contributed by atoms with Crippen LogP contribution in [0, 0.1) is 17.8 Å². The van der Waals surface area contributed by atoms with Gasteiger partial charge in [-0.3, -0.25) is 0 Å². The molecule has 1 heteroatoms. The molecule has 1 nitrogen and oxygen atoms in total. The van der Waals surface area contributed by atoms with Crippen molar-refractivity contribution in [1.82, 2.24) is 0 Å². The van der Waals surface area contributed by atoms with Gasteiger partial charge in [0.25, 0.3) is 0 Å². The molecule has 2 aliphatic carbocycles. The molecular weight excluding hydrogens is 136 g/mol. The number of aliphatic hydroxyl groups is 1. The second-order valence-corrected chi connectivity index (χ2v) is 3.95. The molecule has 0 spiro atoms. The maximum Gasteiger partial charge on any atom is 0.0465 e. The molecule has 0 aliphatic heterocycles. The van der Waals surface area contributed by atoms with Gasteiger partial charge in [0.05, 0.1) is 0 Å². The lowest BCUT2D eigenvalue weighted by Crippen LogP contribution is -2.16. The van der Waals surface area contributed by atoms with Gasteiger partial charge in [0.15, 0.2) is 0 Å². The summed E-state index contributed by atoms with van der Waals surface area (Å²) in [6.07, 6.45) is 6.20. The zero-order chi connectivity index (χ0) is 7.84.